The molecule has 0 saturated carbocycles. The molecule has 2 heterocycles. The molecule has 0 saturated heterocycles. The number of hydrogen-bond acceptors (Lipinski definition) is 3. The maximum atomic E-state index is 11.6. The van der Waals surface area contributed by atoms with Crippen molar-refractivity contribution in [1.82, 2.24) is 9.89 Å². The lowest BCUT2D eigenvalue weighted by molar-refractivity contribution is -0.115. The lowest BCUT2D eigenvalue weighted by Gasteiger charge is -2.15. The van der Waals surface area contributed by atoms with Gasteiger partial charge in [0.2, 0.25) is 5.91 Å². The SMILES string of the molecule is CC1=Nn2nc(C(C)(C)C)c(Cl)c2NC(=O)C1. The van der Waals surface area contributed by atoms with Crippen LogP contribution in [0.25, 0.3) is 0 Å². The molecule has 17 heavy (non-hydrogen) atoms. The molecule has 0 spiro atoms. The molecule has 0 unspecified atom stereocenters. The van der Waals surface area contributed by atoms with Crippen LogP contribution >= 0.6 is 11.6 Å². The molecule has 0 bridgehead atoms. The molecule has 6 heteroatoms. The predicted molar refractivity (Wildman–Crippen MR) is 67.7 cm³/mol. The van der Waals surface area contributed by atoms with E-state index < -0.39 is 0 Å². The summed E-state index contributed by atoms with van der Waals surface area (Å²) in [6.45, 7) is 7.83. The zero-order valence-electron chi connectivity index (χ0n) is 10.3. The minimum Gasteiger partial charge on any atom is -0.308 e. The molecule has 0 atom stereocenters. The number of amides is 1. The summed E-state index contributed by atoms with van der Waals surface area (Å²) >= 11 is 6.25. The summed E-state index contributed by atoms with van der Waals surface area (Å²) in [7, 11) is 0. The van der Waals surface area contributed by atoms with Crippen LogP contribution < -0.4 is 5.32 Å². The molecule has 0 radical (unpaired) electrons. The van der Waals surface area contributed by atoms with Crippen molar-refractivity contribution in [3.63, 3.8) is 0 Å². The summed E-state index contributed by atoms with van der Waals surface area (Å²) in [5, 5.41) is 11.8. The minimum absolute atomic E-state index is 0.118. The Morgan fingerprint density at radius 3 is 2.65 bits per heavy atom. The van der Waals surface area contributed by atoms with E-state index in [0.717, 1.165) is 5.69 Å². The lowest BCUT2D eigenvalue weighted by atomic mass is 9.92. The Labute approximate surface area is 105 Å². The third-order valence-corrected chi connectivity index (χ3v) is 2.82. The highest BCUT2D eigenvalue weighted by molar-refractivity contribution is 6.34. The summed E-state index contributed by atoms with van der Waals surface area (Å²) in [5.74, 6) is 0.339. The number of fused-ring (bicyclic) bond motifs is 1. The van der Waals surface area contributed by atoms with Crippen molar-refractivity contribution >= 4 is 29.0 Å². The minimum atomic E-state index is -0.190. The van der Waals surface area contributed by atoms with E-state index in [2.05, 4.69) is 15.5 Å². The normalized spacial score (nSPS) is 16.1. The first-order valence-electron chi connectivity index (χ1n) is 5.42. The van der Waals surface area contributed by atoms with Crippen molar-refractivity contribution < 1.29 is 4.79 Å². The van der Waals surface area contributed by atoms with Gasteiger partial charge in [-0.25, -0.2) is 0 Å². The van der Waals surface area contributed by atoms with E-state index in [0.29, 0.717) is 16.6 Å². The topological polar surface area (TPSA) is 59.3 Å². The van der Waals surface area contributed by atoms with Crippen molar-refractivity contribution in [2.45, 2.75) is 39.5 Å². The maximum absolute atomic E-state index is 11.6. The molecule has 0 aliphatic carbocycles. The molecule has 0 aromatic carbocycles. The highest BCUT2D eigenvalue weighted by Crippen LogP contribution is 2.34. The molecule has 2 rings (SSSR count). The molecule has 1 aromatic heterocycles. The van der Waals surface area contributed by atoms with E-state index in [1.165, 1.54) is 4.79 Å². The van der Waals surface area contributed by atoms with Gasteiger partial charge < -0.3 is 5.32 Å². The van der Waals surface area contributed by atoms with Crippen LogP contribution in [0, 0.1) is 0 Å². The third kappa shape index (κ3) is 2.20. The van der Waals surface area contributed by atoms with Crippen LogP contribution in [0.4, 0.5) is 5.82 Å². The third-order valence-electron chi connectivity index (χ3n) is 2.46. The number of carbonyl (C=O) groups is 1. The van der Waals surface area contributed by atoms with E-state index >= 15 is 0 Å². The largest absolute Gasteiger partial charge is 0.308 e. The number of anilines is 1. The molecular weight excluding hydrogens is 240 g/mol. The van der Waals surface area contributed by atoms with Crippen LogP contribution in [0.1, 0.15) is 39.8 Å². The number of carbonyl (C=O) groups excluding carboxylic acids is 1. The van der Waals surface area contributed by atoms with E-state index in [9.17, 15) is 4.79 Å². The van der Waals surface area contributed by atoms with Gasteiger partial charge in [0.1, 0.15) is 5.02 Å². The number of nitrogens with zero attached hydrogens (tertiary/aromatic N) is 3. The van der Waals surface area contributed by atoms with Gasteiger partial charge in [0.25, 0.3) is 0 Å². The number of rotatable bonds is 0. The quantitative estimate of drug-likeness (QED) is 0.773. The molecule has 92 valence electrons. The molecule has 1 N–H and O–H groups in total. The van der Waals surface area contributed by atoms with Crippen LogP contribution in [-0.2, 0) is 10.2 Å². The Hall–Kier alpha value is -1.36. The second-order valence-electron chi connectivity index (χ2n) is 5.21. The zero-order chi connectivity index (χ0) is 12.8. The van der Waals surface area contributed by atoms with Crippen LogP contribution in [-0.4, -0.2) is 21.5 Å². The highest BCUT2D eigenvalue weighted by atomic mass is 35.5. The molecule has 5 nitrogen and oxygen atoms in total. The van der Waals surface area contributed by atoms with Crippen molar-refractivity contribution in [3.8, 4) is 0 Å². The average molecular weight is 255 g/mol. The van der Waals surface area contributed by atoms with Gasteiger partial charge in [-0.2, -0.15) is 10.2 Å². The standard InChI is InChI=1S/C11H15ClN4O/c1-6-5-7(17)13-10-8(12)9(11(2,3)4)15-16(10)14-6/h5H2,1-4H3,(H,13,17). The Morgan fingerprint density at radius 1 is 1.41 bits per heavy atom. The van der Waals surface area contributed by atoms with Crippen LogP contribution in [0.3, 0.4) is 0 Å². The highest BCUT2D eigenvalue weighted by Gasteiger charge is 2.28. The van der Waals surface area contributed by atoms with Gasteiger partial charge in [-0.15, -0.1) is 4.79 Å². The Bertz CT molecular complexity index is 510. The fourth-order valence-electron chi connectivity index (χ4n) is 1.65. The Kier molecular flexibility index (Phi) is 2.73. The molecule has 1 aliphatic rings. The summed E-state index contributed by atoms with van der Waals surface area (Å²) in [6.07, 6.45) is 0.268. The molecule has 1 aromatic rings. The summed E-state index contributed by atoms with van der Waals surface area (Å²) in [4.78, 5) is 13.0. The first kappa shape index (κ1) is 12.1. The smallest absolute Gasteiger partial charge is 0.231 e. The van der Waals surface area contributed by atoms with Gasteiger partial charge in [-0.1, -0.05) is 32.4 Å². The van der Waals surface area contributed by atoms with Gasteiger partial charge in [-0.3, -0.25) is 4.79 Å². The van der Waals surface area contributed by atoms with Crippen molar-refractivity contribution in [2.24, 2.45) is 5.10 Å². The van der Waals surface area contributed by atoms with Gasteiger partial charge in [0, 0.05) is 11.1 Å². The fourth-order valence-corrected chi connectivity index (χ4v) is 2.09. The zero-order valence-corrected chi connectivity index (χ0v) is 11.1. The molecule has 1 aliphatic heterocycles. The van der Waals surface area contributed by atoms with E-state index in [-0.39, 0.29) is 17.7 Å². The van der Waals surface area contributed by atoms with Crippen molar-refractivity contribution in [2.75, 3.05) is 5.32 Å². The van der Waals surface area contributed by atoms with Gasteiger partial charge >= 0.3 is 0 Å². The maximum Gasteiger partial charge on any atom is 0.231 e. The van der Waals surface area contributed by atoms with Crippen LogP contribution in [0.2, 0.25) is 5.02 Å². The number of halogens is 1. The summed E-state index contributed by atoms with van der Waals surface area (Å²) < 4.78 is 0. The van der Waals surface area contributed by atoms with Crippen molar-refractivity contribution in [3.05, 3.63) is 10.7 Å². The second-order valence-corrected chi connectivity index (χ2v) is 5.59. The molecule has 0 fully saturated rings. The first-order chi connectivity index (χ1) is 7.79. The number of aromatic nitrogens is 2. The fraction of sp³-hybridized carbons (Fsp3) is 0.545. The summed E-state index contributed by atoms with van der Waals surface area (Å²) in [6, 6.07) is 0. The second kappa shape index (κ2) is 3.84. The van der Waals surface area contributed by atoms with E-state index in [1.54, 1.807) is 6.92 Å². The molecular formula is C11H15ClN4O. The van der Waals surface area contributed by atoms with Gasteiger partial charge in [0.05, 0.1) is 12.1 Å². The average Bonchev–Trinajstić information content (AvgIpc) is 2.40. The number of nitrogens with one attached hydrogen (secondary N) is 1. The molecule has 1 amide bonds. The monoisotopic (exact) mass is 254 g/mol. The Balaban J connectivity index is 2.60. The predicted octanol–water partition coefficient (Wildman–Crippen LogP) is 2.40. The first-order valence-corrected chi connectivity index (χ1v) is 5.80. The number of hydrogen-bond donors (Lipinski definition) is 1. The van der Waals surface area contributed by atoms with Crippen molar-refractivity contribution in [1.29, 1.82) is 0 Å². The summed E-state index contributed by atoms with van der Waals surface area (Å²) in [5.41, 5.74) is 1.25. The van der Waals surface area contributed by atoms with E-state index in [4.69, 9.17) is 11.6 Å². The van der Waals surface area contributed by atoms with Gasteiger partial charge in [0.15, 0.2) is 5.82 Å². The lowest BCUT2D eigenvalue weighted by Crippen LogP contribution is -2.14. The van der Waals surface area contributed by atoms with Gasteiger partial charge in [-0.05, 0) is 6.92 Å². The van der Waals surface area contributed by atoms with Crippen LogP contribution in [0.15, 0.2) is 5.10 Å². The van der Waals surface area contributed by atoms with Crippen LogP contribution in [0.5, 0.6) is 0 Å². The van der Waals surface area contributed by atoms with E-state index in [1.807, 2.05) is 20.8 Å². The Morgan fingerprint density at radius 2 is 2.06 bits per heavy atom.